The number of rotatable bonds is 2. The monoisotopic (exact) mass is 318 g/mol. The average Bonchev–Trinajstić information content (AvgIpc) is 2.73. The molecule has 2 amide bonds. The van der Waals surface area contributed by atoms with Gasteiger partial charge in [-0.1, -0.05) is 0 Å². The Kier molecular flexibility index (Phi) is 4.52. The van der Waals surface area contributed by atoms with E-state index in [2.05, 4.69) is 0 Å². The molecule has 6 nitrogen and oxygen atoms in total. The Morgan fingerprint density at radius 2 is 2.04 bits per heavy atom. The molecule has 0 aliphatic carbocycles. The SMILES string of the molecule is COc1ccc(C(=O)N2CC[C@H]3COCC(=O)N(C)[C@H]3C2)cc1. The third kappa shape index (κ3) is 3.17. The van der Waals surface area contributed by atoms with Gasteiger partial charge in [-0.3, -0.25) is 9.59 Å². The first-order valence-electron chi connectivity index (χ1n) is 7.87. The highest BCUT2D eigenvalue weighted by atomic mass is 16.5. The van der Waals surface area contributed by atoms with E-state index in [0.29, 0.717) is 31.2 Å². The second-order valence-electron chi connectivity index (χ2n) is 6.12. The number of hydrogen-bond acceptors (Lipinski definition) is 4. The summed E-state index contributed by atoms with van der Waals surface area (Å²) in [5.41, 5.74) is 0.642. The lowest BCUT2D eigenvalue weighted by molar-refractivity contribution is -0.134. The molecule has 0 saturated carbocycles. The van der Waals surface area contributed by atoms with Crippen LogP contribution in [0.4, 0.5) is 0 Å². The summed E-state index contributed by atoms with van der Waals surface area (Å²) >= 11 is 0. The summed E-state index contributed by atoms with van der Waals surface area (Å²) in [5, 5.41) is 0. The summed E-state index contributed by atoms with van der Waals surface area (Å²) in [5.74, 6) is 1.01. The Hall–Kier alpha value is -2.08. The van der Waals surface area contributed by atoms with Gasteiger partial charge in [0.1, 0.15) is 12.4 Å². The van der Waals surface area contributed by atoms with Crippen molar-refractivity contribution in [2.75, 3.05) is 40.5 Å². The van der Waals surface area contributed by atoms with Crippen molar-refractivity contribution >= 4 is 11.8 Å². The number of methoxy groups -OCH3 is 1. The van der Waals surface area contributed by atoms with Gasteiger partial charge in [-0.15, -0.1) is 0 Å². The fourth-order valence-electron chi connectivity index (χ4n) is 3.30. The average molecular weight is 318 g/mol. The maximum absolute atomic E-state index is 12.7. The molecular weight excluding hydrogens is 296 g/mol. The van der Waals surface area contributed by atoms with Gasteiger partial charge in [0.2, 0.25) is 5.91 Å². The quantitative estimate of drug-likeness (QED) is 0.817. The minimum absolute atomic E-state index is 0.00267. The second kappa shape index (κ2) is 6.58. The second-order valence-corrected chi connectivity index (χ2v) is 6.12. The lowest BCUT2D eigenvalue weighted by Crippen LogP contribution is -2.54. The van der Waals surface area contributed by atoms with E-state index in [1.165, 1.54) is 0 Å². The molecule has 6 heteroatoms. The summed E-state index contributed by atoms with van der Waals surface area (Å²) in [6.07, 6.45) is 0.851. The Labute approximate surface area is 136 Å². The van der Waals surface area contributed by atoms with E-state index in [4.69, 9.17) is 9.47 Å². The van der Waals surface area contributed by atoms with Crippen LogP contribution in [0.25, 0.3) is 0 Å². The molecule has 1 aromatic rings. The van der Waals surface area contributed by atoms with Crippen molar-refractivity contribution in [3.8, 4) is 5.75 Å². The van der Waals surface area contributed by atoms with Crippen molar-refractivity contribution in [3.05, 3.63) is 29.8 Å². The van der Waals surface area contributed by atoms with Crippen LogP contribution >= 0.6 is 0 Å². The fourth-order valence-corrected chi connectivity index (χ4v) is 3.30. The predicted octanol–water partition coefficient (Wildman–Crippen LogP) is 1.01. The zero-order valence-electron chi connectivity index (χ0n) is 13.5. The van der Waals surface area contributed by atoms with E-state index in [0.717, 1.165) is 12.2 Å². The number of nitrogens with zero attached hydrogens (tertiary/aromatic N) is 2. The molecular formula is C17H22N2O4. The van der Waals surface area contributed by atoms with Crippen LogP contribution in [0.1, 0.15) is 16.8 Å². The van der Waals surface area contributed by atoms with Gasteiger partial charge >= 0.3 is 0 Å². The largest absolute Gasteiger partial charge is 0.497 e. The van der Waals surface area contributed by atoms with Crippen LogP contribution < -0.4 is 4.74 Å². The lowest BCUT2D eigenvalue weighted by atomic mass is 9.91. The van der Waals surface area contributed by atoms with Gasteiger partial charge in [0.05, 0.1) is 19.8 Å². The third-order valence-corrected chi connectivity index (χ3v) is 4.79. The molecule has 0 N–H and O–H groups in total. The first kappa shape index (κ1) is 15.8. The van der Waals surface area contributed by atoms with Crippen LogP contribution in [0.5, 0.6) is 5.75 Å². The zero-order chi connectivity index (χ0) is 16.4. The third-order valence-electron chi connectivity index (χ3n) is 4.79. The summed E-state index contributed by atoms with van der Waals surface area (Å²) in [6.45, 7) is 1.97. The molecule has 23 heavy (non-hydrogen) atoms. The summed E-state index contributed by atoms with van der Waals surface area (Å²) in [4.78, 5) is 28.2. The van der Waals surface area contributed by atoms with E-state index in [9.17, 15) is 9.59 Å². The number of likely N-dealkylation sites (N-methyl/N-ethyl adjacent to an activating group) is 1. The summed E-state index contributed by atoms with van der Waals surface area (Å²) in [7, 11) is 3.40. The minimum atomic E-state index is -0.0174. The standard InChI is InChI=1S/C17H22N2O4/c1-18-15-9-19(8-7-13(15)10-23-11-16(18)20)17(21)12-3-5-14(22-2)6-4-12/h3-6,13,15H,7-11H2,1-2H3/t13-,15-/m0/s1. The van der Waals surface area contributed by atoms with Gasteiger partial charge in [-0.25, -0.2) is 0 Å². The number of amides is 2. The molecule has 2 heterocycles. The Balaban J connectivity index is 1.73. The smallest absolute Gasteiger partial charge is 0.253 e. The number of hydrogen-bond donors (Lipinski definition) is 0. The lowest BCUT2D eigenvalue weighted by Gasteiger charge is -2.41. The summed E-state index contributed by atoms with van der Waals surface area (Å²) < 4.78 is 10.6. The predicted molar refractivity (Wildman–Crippen MR) is 84.4 cm³/mol. The van der Waals surface area contributed by atoms with Crippen molar-refractivity contribution < 1.29 is 19.1 Å². The zero-order valence-corrected chi connectivity index (χ0v) is 13.5. The van der Waals surface area contributed by atoms with Gasteiger partial charge in [-0.2, -0.15) is 0 Å². The number of carbonyl (C=O) groups is 2. The molecule has 2 aliphatic rings. The first-order chi connectivity index (χ1) is 11.1. The Bertz CT molecular complexity index is 587. The van der Waals surface area contributed by atoms with E-state index < -0.39 is 0 Å². The number of piperidine rings is 1. The maximum Gasteiger partial charge on any atom is 0.253 e. The number of carbonyl (C=O) groups excluding carboxylic acids is 2. The normalized spacial score (nSPS) is 24.9. The molecule has 1 aromatic carbocycles. The highest BCUT2D eigenvalue weighted by molar-refractivity contribution is 5.94. The van der Waals surface area contributed by atoms with Crippen molar-refractivity contribution in [3.63, 3.8) is 0 Å². The molecule has 0 radical (unpaired) electrons. The molecule has 124 valence electrons. The molecule has 0 aromatic heterocycles. The van der Waals surface area contributed by atoms with Gasteiger partial charge in [0, 0.05) is 31.6 Å². The number of likely N-dealkylation sites (tertiary alicyclic amines) is 1. The van der Waals surface area contributed by atoms with Crippen LogP contribution in [0.3, 0.4) is 0 Å². The van der Waals surface area contributed by atoms with Gasteiger partial charge in [0.15, 0.2) is 0 Å². The van der Waals surface area contributed by atoms with Crippen LogP contribution in [0, 0.1) is 5.92 Å². The van der Waals surface area contributed by atoms with E-state index >= 15 is 0 Å². The number of ether oxygens (including phenoxy) is 2. The van der Waals surface area contributed by atoms with Crippen molar-refractivity contribution in [2.45, 2.75) is 12.5 Å². The molecule has 2 saturated heterocycles. The van der Waals surface area contributed by atoms with E-state index in [1.54, 1.807) is 43.3 Å². The summed E-state index contributed by atoms with van der Waals surface area (Å²) in [6, 6.07) is 7.15. The maximum atomic E-state index is 12.7. The molecule has 0 spiro atoms. The molecule has 2 fully saturated rings. The van der Waals surface area contributed by atoms with E-state index in [-0.39, 0.29) is 24.5 Å². The van der Waals surface area contributed by atoms with E-state index in [1.807, 2.05) is 4.90 Å². The van der Waals surface area contributed by atoms with Crippen LogP contribution in [0.15, 0.2) is 24.3 Å². The molecule has 2 atom stereocenters. The highest BCUT2D eigenvalue weighted by Gasteiger charge is 2.37. The topological polar surface area (TPSA) is 59.1 Å². The fraction of sp³-hybridized carbons (Fsp3) is 0.529. The van der Waals surface area contributed by atoms with Crippen molar-refractivity contribution in [1.29, 1.82) is 0 Å². The molecule has 3 rings (SSSR count). The molecule has 2 aliphatic heterocycles. The first-order valence-corrected chi connectivity index (χ1v) is 7.87. The van der Waals surface area contributed by atoms with Gasteiger partial charge in [-0.05, 0) is 30.7 Å². The Morgan fingerprint density at radius 3 is 2.74 bits per heavy atom. The molecule has 0 bridgehead atoms. The van der Waals surface area contributed by atoms with Crippen LogP contribution in [-0.4, -0.2) is 68.1 Å². The van der Waals surface area contributed by atoms with Crippen molar-refractivity contribution in [1.82, 2.24) is 9.80 Å². The van der Waals surface area contributed by atoms with Gasteiger partial charge in [0.25, 0.3) is 5.91 Å². The van der Waals surface area contributed by atoms with Crippen LogP contribution in [0.2, 0.25) is 0 Å². The molecule has 0 unspecified atom stereocenters. The van der Waals surface area contributed by atoms with Gasteiger partial charge < -0.3 is 19.3 Å². The minimum Gasteiger partial charge on any atom is -0.497 e. The highest BCUT2D eigenvalue weighted by Crippen LogP contribution is 2.26. The van der Waals surface area contributed by atoms with Crippen molar-refractivity contribution in [2.24, 2.45) is 5.92 Å². The number of benzene rings is 1. The number of fused-ring (bicyclic) bond motifs is 1. The Morgan fingerprint density at radius 1 is 1.30 bits per heavy atom. The van der Waals surface area contributed by atoms with Crippen LogP contribution in [-0.2, 0) is 9.53 Å².